The normalized spacial score (nSPS) is 12.0. The molecular weight excluding hydrogens is 222 g/mol. The third kappa shape index (κ3) is 4.45. The van der Waals surface area contributed by atoms with Crippen molar-refractivity contribution in [2.24, 2.45) is 17.8 Å². The third-order valence-corrected chi connectivity index (χ3v) is 3.64. The summed E-state index contributed by atoms with van der Waals surface area (Å²) in [5, 5.41) is 3.57. The number of aryl methyl sites for hydroxylation is 1. The van der Waals surface area contributed by atoms with Gasteiger partial charge in [-0.05, 0) is 30.7 Å². The maximum atomic E-state index is 4.42. The predicted octanol–water partition coefficient (Wildman–Crippen LogP) is 3.31. The number of nitrogens with zero attached hydrogens (tertiary/aromatic N) is 2. The van der Waals surface area contributed by atoms with Crippen molar-refractivity contribution in [1.29, 1.82) is 0 Å². The minimum absolute atomic E-state index is 0.730. The zero-order valence-corrected chi connectivity index (χ0v) is 12.6. The molecule has 0 saturated heterocycles. The SMILES string of the molecule is CCCn1ccnc1CNCC(C(C)C)C(C)C. The van der Waals surface area contributed by atoms with Crippen LogP contribution in [0.3, 0.4) is 0 Å². The van der Waals surface area contributed by atoms with Gasteiger partial charge in [-0.25, -0.2) is 4.98 Å². The third-order valence-electron chi connectivity index (χ3n) is 3.64. The fraction of sp³-hybridized carbons (Fsp3) is 0.800. The zero-order valence-electron chi connectivity index (χ0n) is 12.6. The highest BCUT2D eigenvalue weighted by Gasteiger charge is 2.16. The fourth-order valence-corrected chi connectivity index (χ4v) is 2.54. The lowest BCUT2D eigenvalue weighted by molar-refractivity contribution is 0.274. The number of aromatic nitrogens is 2. The Morgan fingerprint density at radius 1 is 1.22 bits per heavy atom. The Morgan fingerprint density at radius 2 is 1.89 bits per heavy atom. The van der Waals surface area contributed by atoms with Gasteiger partial charge in [0.15, 0.2) is 0 Å². The van der Waals surface area contributed by atoms with E-state index in [2.05, 4.69) is 55.7 Å². The van der Waals surface area contributed by atoms with E-state index in [9.17, 15) is 0 Å². The first-order valence-electron chi connectivity index (χ1n) is 7.27. The molecule has 0 unspecified atom stereocenters. The van der Waals surface area contributed by atoms with Gasteiger partial charge < -0.3 is 9.88 Å². The monoisotopic (exact) mass is 251 g/mol. The zero-order chi connectivity index (χ0) is 13.5. The molecule has 18 heavy (non-hydrogen) atoms. The number of imidazole rings is 1. The number of hydrogen-bond acceptors (Lipinski definition) is 2. The van der Waals surface area contributed by atoms with Crippen LogP contribution in [0.15, 0.2) is 12.4 Å². The summed E-state index contributed by atoms with van der Waals surface area (Å²) in [6.07, 6.45) is 5.13. The summed E-state index contributed by atoms with van der Waals surface area (Å²) in [7, 11) is 0. The molecule has 0 aromatic carbocycles. The van der Waals surface area contributed by atoms with Gasteiger partial charge >= 0.3 is 0 Å². The smallest absolute Gasteiger partial charge is 0.122 e. The minimum atomic E-state index is 0.730. The van der Waals surface area contributed by atoms with Crippen LogP contribution in [0.1, 0.15) is 46.9 Å². The lowest BCUT2D eigenvalue weighted by Gasteiger charge is -2.25. The fourth-order valence-electron chi connectivity index (χ4n) is 2.54. The molecule has 0 aliphatic rings. The second-order valence-corrected chi connectivity index (χ2v) is 5.82. The van der Waals surface area contributed by atoms with Gasteiger partial charge in [0.1, 0.15) is 5.82 Å². The summed E-state index contributed by atoms with van der Waals surface area (Å²) in [6.45, 7) is 14.5. The molecule has 1 aromatic heterocycles. The van der Waals surface area contributed by atoms with Gasteiger partial charge in [-0.1, -0.05) is 34.6 Å². The van der Waals surface area contributed by atoms with Crippen molar-refractivity contribution in [2.75, 3.05) is 6.54 Å². The lowest BCUT2D eigenvalue weighted by atomic mass is 9.85. The van der Waals surface area contributed by atoms with Crippen molar-refractivity contribution in [1.82, 2.24) is 14.9 Å². The number of hydrogen-bond donors (Lipinski definition) is 1. The van der Waals surface area contributed by atoms with E-state index in [0.717, 1.165) is 49.6 Å². The molecule has 0 atom stereocenters. The first kappa shape index (κ1) is 15.2. The largest absolute Gasteiger partial charge is 0.334 e. The second-order valence-electron chi connectivity index (χ2n) is 5.82. The molecule has 0 bridgehead atoms. The highest BCUT2D eigenvalue weighted by atomic mass is 15.1. The van der Waals surface area contributed by atoms with Crippen LogP contribution in [0.4, 0.5) is 0 Å². The Hall–Kier alpha value is -0.830. The number of rotatable bonds is 8. The van der Waals surface area contributed by atoms with Crippen LogP contribution in [0.25, 0.3) is 0 Å². The van der Waals surface area contributed by atoms with Gasteiger partial charge in [0, 0.05) is 18.9 Å². The van der Waals surface area contributed by atoms with Gasteiger partial charge in [0.2, 0.25) is 0 Å². The van der Waals surface area contributed by atoms with Gasteiger partial charge in [0.25, 0.3) is 0 Å². The Morgan fingerprint density at radius 3 is 2.44 bits per heavy atom. The van der Waals surface area contributed by atoms with E-state index in [1.807, 2.05) is 6.20 Å². The van der Waals surface area contributed by atoms with E-state index < -0.39 is 0 Å². The van der Waals surface area contributed by atoms with Gasteiger partial charge in [-0.15, -0.1) is 0 Å². The van der Waals surface area contributed by atoms with E-state index in [4.69, 9.17) is 0 Å². The molecule has 1 N–H and O–H groups in total. The summed E-state index contributed by atoms with van der Waals surface area (Å²) in [5.41, 5.74) is 0. The molecule has 3 heteroatoms. The van der Waals surface area contributed by atoms with Crippen molar-refractivity contribution in [3.05, 3.63) is 18.2 Å². The van der Waals surface area contributed by atoms with Crippen molar-refractivity contribution < 1.29 is 0 Å². The molecule has 0 amide bonds. The lowest BCUT2D eigenvalue weighted by Crippen LogP contribution is -2.30. The summed E-state index contributed by atoms with van der Waals surface area (Å²) in [5.74, 6) is 3.35. The Balaban J connectivity index is 2.42. The molecule has 104 valence electrons. The Labute approximate surface area is 112 Å². The Kier molecular flexibility index (Phi) is 6.41. The molecule has 0 spiro atoms. The van der Waals surface area contributed by atoms with Crippen LogP contribution in [0.5, 0.6) is 0 Å². The topological polar surface area (TPSA) is 29.9 Å². The quantitative estimate of drug-likeness (QED) is 0.768. The molecule has 1 rings (SSSR count). The first-order valence-corrected chi connectivity index (χ1v) is 7.27. The van der Waals surface area contributed by atoms with Crippen molar-refractivity contribution in [3.63, 3.8) is 0 Å². The van der Waals surface area contributed by atoms with Crippen molar-refractivity contribution in [2.45, 2.75) is 54.1 Å². The molecule has 3 nitrogen and oxygen atoms in total. The molecule has 0 aliphatic carbocycles. The van der Waals surface area contributed by atoms with Crippen molar-refractivity contribution >= 4 is 0 Å². The summed E-state index contributed by atoms with van der Waals surface area (Å²) in [4.78, 5) is 4.42. The average Bonchev–Trinajstić information content (AvgIpc) is 2.71. The van der Waals surface area contributed by atoms with E-state index >= 15 is 0 Å². The maximum absolute atomic E-state index is 4.42. The minimum Gasteiger partial charge on any atom is -0.334 e. The standard InChI is InChI=1S/C15H29N3/c1-6-8-18-9-7-17-15(18)11-16-10-14(12(2)3)13(4)5/h7,9,12-14,16H,6,8,10-11H2,1-5H3. The van der Waals surface area contributed by atoms with Crippen LogP contribution in [0.2, 0.25) is 0 Å². The second kappa shape index (κ2) is 7.57. The van der Waals surface area contributed by atoms with Crippen LogP contribution in [-0.2, 0) is 13.1 Å². The molecule has 1 heterocycles. The van der Waals surface area contributed by atoms with E-state index in [0.29, 0.717) is 0 Å². The van der Waals surface area contributed by atoms with Crippen LogP contribution < -0.4 is 5.32 Å². The van der Waals surface area contributed by atoms with Crippen LogP contribution in [-0.4, -0.2) is 16.1 Å². The summed E-state index contributed by atoms with van der Waals surface area (Å²) >= 11 is 0. The molecule has 0 radical (unpaired) electrons. The average molecular weight is 251 g/mol. The van der Waals surface area contributed by atoms with Crippen molar-refractivity contribution in [3.8, 4) is 0 Å². The Bertz CT molecular complexity index is 320. The van der Waals surface area contributed by atoms with E-state index in [1.165, 1.54) is 0 Å². The molecule has 0 aliphatic heterocycles. The van der Waals surface area contributed by atoms with Crippen LogP contribution in [0, 0.1) is 17.8 Å². The van der Waals surface area contributed by atoms with E-state index in [1.54, 1.807) is 0 Å². The first-order chi connectivity index (χ1) is 8.56. The predicted molar refractivity (Wildman–Crippen MR) is 77.4 cm³/mol. The summed E-state index contributed by atoms with van der Waals surface area (Å²) < 4.78 is 2.24. The highest BCUT2D eigenvalue weighted by molar-refractivity contribution is 4.92. The molecular formula is C15H29N3. The van der Waals surface area contributed by atoms with E-state index in [-0.39, 0.29) is 0 Å². The van der Waals surface area contributed by atoms with Gasteiger partial charge in [-0.3, -0.25) is 0 Å². The highest BCUT2D eigenvalue weighted by Crippen LogP contribution is 2.19. The molecule has 1 aromatic rings. The van der Waals surface area contributed by atoms with Gasteiger partial charge in [-0.2, -0.15) is 0 Å². The molecule has 0 saturated carbocycles. The molecule has 0 fully saturated rings. The summed E-state index contributed by atoms with van der Waals surface area (Å²) in [6, 6.07) is 0. The number of nitrogens with one attached hydrogen (secondary N) is 1. The maximum Gasteiger partial charge on any atom is 0.122 e. The van der Waals surface area contributed by atoms with Crippen LogP contribution >= 0.6 is 0 Å². The van der Waals surface area contributed by atoms with Gasteiger partial charge in [0.05, 0.1) is 6.54 Å².